The zero-order valence-corrected chi connectivity index (χ0v) is 12.2. The topological polar surface area (TPSA) is 54.0 Å². The molecule has 20 heavy (non-hydrogen) atoms. The van der Waals surface area contributed by atoms with Crippen LogP contribution in [0, 0.1) is 0 Å². The monoisotopic (exact) mass is 282 g/mol. The van der Waals surface area contributed by atoms with E-state index in [-0.39, 0.29) is 19.0 Å². The van der Waals surface area contributed by atoms with Gasteiger partial charge in [0.2, 0.25) is 0 Å². The molecule has 2 atom stereocenters. The first-order valence-electron chi connectivity index (χ1n) is 6.50. The smallest absolute Gasteiger partial charge is 0.146 e. The third kappa shape index (κ3) is 5.69. The standard InChI is InChI=1S/C15H22O5/c1-12(20-11-17-2)15(8-9-16)19-10-13-4-6-14(18-3)7-5-13/h4-7,9,12,15H,8,10-11H2,1-3H3/t12-,15-/m1/s1. The molecule has 1 aromatic carbocycles. The molecule has 0 amide bonds. The summed E-state index contributed by atoms with van der Waals surface area (Å²) in [6, 6.07) is 7.60. The fraction of sp³-hybridized carbons (Fsp3) is 0.533. The van der Waals surface area contributed by atoms with Crippen LogP contribution in [0.5, 0.6) is 5.75 Å². The Morgan fingerprint density at radius 3 is 2.40 bits per heavy atom. The lowest BCUT2D eigenvalue weighted by molar-refractivity contribution is -0.133. The van der Waals surface area contributed by atoms with Crippen molar-refractivity contribution in [1.29, 1.82) is 0 Å². The molecule has 1 rings (SSSR count). The molecule has 0 aliphatic heterocycles. The highest BCUT2D eigenvalue weighted by molar-refractivity contribution is 5.50. The van der Waals surface area contributed by atoms with Crippen LogP contribution in [0.2, 0.25) is 0 Å². The van der Waals surface area contributed by atoms with Crippen molar-refractivity contribution in [2.75, 3.05) is 21.0 Å². The second kappa shape index (κ2) is 9.47. The predicted molar refractivity (Wildman–Crippen MR) is 74.7 cm³/mol. The summed E-state index contributed by atoms with van der Waals surface area (Å²) < 4.78 is 21.1. The molecule has 0 fully saturated rings. The van der Waals surface area contributed by atoms with Crippen molar-refractivity contribution in [3.63, 3.8) is 0 Å². The van der Waals surface area contributed by atoms with E-state index in [4.69, 9.17) is 18.9 Å². The summed E-state index contributed by atoms with van der Waals surface area (Å²) >= 11 is 0. The van der Waals surface area contributed by atoms with Gasteiger partial charge in [0.15, 0.2) is 0 Å². The molecule has 0 N–H and O–H groups in total. The Balaban J connectivity index is 2.49. The van der Waals surface area contributed by atoms with Crippen molar-refractivity contribution < 1.29 is 23.7 Å². The quantitative estimate of drug-likeness (QED) is 0.486. The molecule has 5 heteroatoms. The maximum atomic E-state index is 10.7. The molecule has 0 aliphatic carbocycles. The van der Waals surface area contributed by atoms with E-state index in [2.05, 4.69) is 0 Å². The van der Waals surface area contributed by atoms with Crippen LogP contribution in [0.15, 0.2) is 24.3 Å². The number of carbonyl (C=O) groups excluding carboxylic acids is 1. The summed E-state index contributed by atoms with van der Waals surface area (Å²) in [5.41, 5.74) is 1.01. The van der Waals surface area contributed by atoms with Crippen LogP contribution >= 0.6 is 0 Å². The highest BCUT2D eigenvalue weighted by Gasteiger charge is 2.18. The highest BCUT2D eigenvalue weighted by Crippen LogP contribution is 2.15. The van der Waals surface area contributed by atoms with Crippen LogP contribution in [0.25, 0.3) is 0 Å². The Morgan fingerprint density at radius 1 is 1.15 bits per heavy atom. The summed E-state index contributed by atoms with van der Waals surface area (Å²) in [5.74, 6) is 0.801. The molecule has 112 valence electrons. The zero-order chi connectivity index (χ0) is 14.8. The van der Waals surface area contributed by atoms with Gasteiger partial charge in [-0.1, -0.05) is 12.1 Å². The molecule has 0 radical (unpaired) electrons. The first kappa shape index (κ1) is 16.6. The average Bonchev–Trinajstić information content (AvgIpc) is 2.49. The molecule has 1 aromatic rings. The van der Waals surface area contributed by atoms with Crippen LogP contribution < -0.4 is 4.74 Å². The first-order chi connectivity index (χ1) is 9.71. The molecule has 0 heterocycles. The molecule has 0 unspecified atom stereocenters. The second-order valence-electron chi connectivity index (χ2n) is 4.38. The minimum atomic E-state index is -0.287. The van der Waals surface area contributed by atoms with Crippen molar-refractivity contribution in [1.82, 2.24) is 0 Å². The van der Waals surface area contributed by atoms with Gasteiger partial charge in [-0.15, -0.1) is 0 Å². The van der Waals surface area contributed by atoms with Gasteiger partial charge in [0.1, 0.15) is 18.8 Å². The maximum absolute atomic E-state index is 10.7. The summed E-state index contributed by atoms with van der Waals surface area (Å²) in [7, 11) is 3.18. The van der Waals surface area contributed by atoms with Gasteiger partial charge in [-0.25, -0.2) is 0 Å². The first-order valence-corrected chi connectivity index (χ1v) is 6.50. The SMILES string of the molecule is COCO[C@H](C)[C@@H](CC=O)OCc1ccc(OC)cc1. The third-order valence-electron chi connectivity index (χ3n) is 2.92. The molecular weight excluding hydrogens is 260 g/mol. The van der Waals surface area contributed by atoms with E-state index >= 15 is 0 Å². The zero-order valence-electron chi connectivity index (χ0n) is 12.2. The summed E-state index contributed by atoms with van der Waals surface area (Å²) in [4.78, 5) is 10.7. The van der Waals surface area contributed by atoms with Gasteiger partial charge in [-0.05, 0) is 24.6 Å². The normalized spacial score (nSPS) is 13.8. The number of hydrogen-bond acceptors (Lipinski definition) is 5. The Bertz CT molecular complexity index is 376. The number of rotatable bonds is 10. The van der Waals surface area contributed by atoms with E-state index in [1.807, 2.05) is 31.2 Å². The van der Waals surface area contributed by atoms with Crippen LogP contribution in [0.3, 0.4) is 0 Å². The van der Waals surface area contributed by atoms with Crippen LogP contribution in [-0.2, 0) is 25.6 Å². The van der Waals surface area contributed by atoms with Crippen LogP contribution in [0.4, 0.5) is 0 Å². The Morgan fingerprint density at radius 2 is 1.85 bits per heavy atom. The number of hydrogen-bond donors (Lipinski definition) is 0. The molecular formula is C15H22O5. The van der Waals surface area contributed by atoms with Gasteiger partial charge in [-0.3, -0.25) is 0 Å². The minimum absolute atomic E-state index is 0.183. The van der Waals surface area contributed by atoms with E-state index in [9.17, 15) is 4.79 Å². The minimum Gasteiger partial charge on any atom is -0.497 e. The predicted octanol–water partition coefficient (Wildman–Crippen LogP) is 2.18. The van der Waals surface area contributed by atoms with E-state index in [0.29, 0.717) is 13.0 Å². The Kier molecular flexibility index (Phi) is 7.87. The van der Waals surface area contributed by atoms with E-state index < -0.39 is 0 Å². The van der Waals surface area contributed by atoms with Gasteiger partial charge >= 0.3 is 0 Å². The van der Waals surface area contributed by atoms with Crippen LogP contribution in [0.1, 0.15) is 18.9 Å². The lowest BCUT2D eigenvalue weighted by Gasteiger charge is -2.22. The molecule has 0 spiro atoms. The maximum Gasteiger partial charge on any atom is 0.146 e. The lowest BCUT2D eigenvalue weighted by Crippen LogP contribution is -2.30. The summed E-state index contributed by atoms with van der Waals surface area (Å²) in [5, 5.41) is 0. The largest absolute Gasteiger partial charge is 0.497 e. The van der Waals surface area contributed by atoms with Gasteiger partial charge in [0, 0.05) is 13.5 Å². The fourth-order valence-electron chi connectivity index (χ4n) is 1.70. The van der Waals surface area contributed by atoms with Gasteiger partial charge in [0.25, 0.3) is 0 Å². The number of ether oxygens (including phenoxy) is 4. The molecule has 5 nitrogen and oxygen atoms in total. The van der Waals surface area contributed by atoms with Crippen LogP contribution in [-0.4, -0.2) is 39.5 Å². The second-order valence-corrected chi connectivity index (χ2v) is 4.38. The number of benzene rings is 1. The lowest BCUT2D eigenvalue weighted by atomic mass is 10.1. The van der Waals surface area contributed by atoms with E-state index in [0.717, 1.165) is 17.6 Å². The Labute approximate surface area is 119 Å². The van der Waals surface area contributed by atoms with Gasteiger partial charge in [-0.2, -0.15) is 0 Å². The molecule has 0 saturated carbocycles. The number of carbonyl (C=O) groups is 1. The van der Waals surface area contributed by atoms with Crippen molar-refractivity contribution in [3.8, 4) is 5.75 Å². The molecule has 0 bridgehead atoms. The third-order valence-corrected chi connectivity index (χ3v) is 2.92. The highest BCUT2D eigenvalue weighted by atomic mass is 16.7. The van der Waals surface area contributed by atoms with Crippen molar-refractivity contribution in [2.24, 2.45) is 0 Å². The summed E-state index contributed by atoms with van der Waals surface area (Å²) in [6.45, 7) is 2.47. The molecule has 0 saturated heterocycles. The number of methoxy groups -OCH3 is 2. The number of aldehydes is 1. The Hall–Kier alpha value is -1.43. The van der Waals surface area contributed by atoms with Crippen molar-refractivity contribution in [2.45, 2.75) is 32.2 Å². The van der Waals surface area contributed by atoms with E-state index in [1.54, 1.807) is 14.2 Å². The molecule has 0 aromatic heterocycles. The average molecular weight is 282 g/mol. The van der Waals surface area contributed by atoms with E-state index in [1.165, 1.54) is 0 Å². The van der Waals surface area contributed by atoms with Gasteiger partial charge in [0.05, 0.1) is 25.9 Å². The summed E-state index contributed by atoms with van der Waals surface area (Å²) in [6.07, 6.45) is 0.634. The fourth-order valence-corrected chi connectivity index (χ4v) is 1.70. The molecule has 0 aliphatic rings. The van der Waals surface area contributed by atoms with Crippen molar-refractivity contribution >= 4 is 6.29 Å². The van der Waals surface area contributed by atoms with Gasteiger partial charge < -0.3 is 23.7 Å². The van der Waals surface area contributed by atoms with Crippen molar-refractivity contribution in [3.05, 3.63) is 29.8 Å².